The molecule has 0 bridgehead atoms. The standard InChI is InChI=1S/C15H19Cl2N3O5S/c16-4-1-5-18-14(21)15(22)19-13-10-11(2-3-12(13)17)26(23,24)20-6-8-25-9-7-20/h2-3,10H,1,4-9H2,(H,18,21)(H,19,22). The van der Waals surface area contributed by atoms with E-state index in [1.54, 1.807) is 0 Å². The zero-order chi connectivity index (χ0) is 19.2. The molecule has 0 radical (unpaired) electrons. The van der Waals surface area contributed by atoms with Crippen LogP contribution in [0.5, 0.6) is 0 Å². The molecular weight excluding hydrogens is 405 g/mol. The van der Waals surface area contributed by atoms with Gasteiger partial charge in [-0.15, -0.1) is 11.6 Å². The Morgan fingerprint density at radius 1 is 1.19 bits per heavy atom. The van der Waals surface area contributed by atoms with E-state index in [1.165, 1.54) is 22.5 Å². The molecule has 2 rings (SSSR count). The lowest BCUT2D eigenvalue weighted by molar-refractivity contribution is -0.136. The molecule has 2 amide bonds. The highest BCUT2D eigenvalue weighted by molar-refractivity contribution is 7.89. The fourth-order valence-electron chi connectivity index (χ4n) is 2.22. The van der Waals surface area contributed by atoms with E-state index in [9.17, 15) is 18.0 Å². The summed E-state index contributed by atoms with van der Waals surface area (Å²) >= 11 is 11.5. The summed E-state index contributed by atoms with van der Waals surface area (Å²) in [5.74, 6) is -1.44. The molecule has 0 unspecified atom stereocenters. The van der Waals surface area contributed by atoms with Gasteiger partial charge in [-0.2, -0.15) is 4.31 Å². The maximum Gasteiger partial charge on any atom is 0.313 e. The van der Waals surface area contributed by atoms with Crippen molar-refractivity contribution >= 4 is 50.7 Å². The molecule has 0 aliphatic carbocycles. The minimum absolute atomic E-state index is 0.0263. The number of halogens is 2. The van der Waals surface area contributed by atoms with Crippen LogP contribution in [0, 0.1) is 0 Å². The van der Waals surface area contributed by atoms with Crippen molar-refractivity contribution in [2.24, 2.45) is 0 Å². The lowest BCUT2D eigenvalue weighted by Gasteiger charge is -2.26. The van der Waals surface area contributed by atoms with Crippen molar-refractivity contribution in [2.75, 3.05) is 44.0 Å². The number of alkyl halides is 1. The maximum absolute atomic E-state index is 12.7. The van der Waals surface area contributed by atoms with Gasteiger partial charge in [0.2, 0.25) is 10.0 Å². The summed E-state index contributed by atoms with van der Waals surface area (Å²) in [5.41, 5.74) is 0.0403. The van der Waals surface area contributed by atoms with E-state index >= 15 is 0 Å². The van der Waals surface area contributed by atoms with Gasteiger partial charge in [-0.05, 0) is 24.6 Å². The summed E-state index contributed by atoms with van der Waals surface area (Å²) < 4.78 is 31.8. The number of rotatable bonds is 6. The third kappa shape index (κ3) is 5.31. The molecule has 26 heavy (non-hydrogen) atoms. The van der Waals surface area contributed by atoms with Gasteiger partial charge in [0.1, 0.15) is 0 Å². The monoisotopic (exact) mass is 423 g/mol. The Hall–Kier alpha value is -1.39. The number of hydrogen-bond acceptors (Lipinski definition) is 5. The van der Waals surface area contributed by atoms with Crippen LogP contribution >= 0.6 is 23.2 Å². The predicted molar refractivity (Wildman–Crippen MR) is 98.0 cm³/mol. The van der Waals surface area contributed by atoms with Gasteiger partial charge < -0.3 is 15.4 Å². The minimum Gasteiger partial charge on any atom is -0.379 e. The van der Waals surface area contributed by atoms with Crippen LogP contribution in [-0.2, 0) is 24.3 Å². The zero-order valence-corrected chi connectivity index (χ0v) is 16.2. The van der Waals surface area contributed by atoms with E-state index in [1.807, 2.05) is 0 Å². The van der Waals surface area contributed by atoms with Crippen molar-refractivity contribution < 1.29 is 22.7 Å². The minimum atomic E-state index is -3.75. The SMILES string of the molecule is O=C(NCCCCl)C(=O)Nc1cc(S(=O)(=O)N2CCOCC2)ccc1Cl. The molecule has 0 spiro atoms. The largest absolute Gasteiger partial charge is 0.379 e. The smallest absolute Gasteiger partial charge is 0.313 e. The van der Waals surface area contributed by atoms with E-state index in [2.05, 4.69) is 10.6 Å². The number of carbonyl (C=O) groups excluding carboxylic acids is 2. The van der Waals surface area contributed by atoms with E-state index in [-0.39, 0.29) is 35.2 Å². The summed E-state index contributed by atoms with van der Waals surface area (Å²) in [6.07, 6.45) is 0.522. The lowest BCUT2D eigenvalue weighted by atomic mass is 10.3. The maximum atomic E-state index is 12.7. The van der Waals surface area contributed by atoms with Crippen molar-refractivity contribution in [1.29, 1.82) is 0 Å². The second kappa shape index (κ2) is 9.52. The Bertz CT molecular complexity index is 767. The van der Waals surface area contributed by atoms with Gasteiger partial charge in [-0.25, -0.2) is 8.42 Å². The Morgan fingerprint density at radius 2 is 1.88 bits per heavy atom. The number of hydrogen-bond donors (Lipinski definition) is 2. The molecular formula is C15H19Cl2N3O5S. The van der Waals surface area contributed by atoms with E-state index in [4.69, 9.17) is 27.9 Å². The van der Waals surface area contributed by atoms with Crippen molar-refractivity contribution in [3.05, 3.63) is 23.2 Å². The van der Waals surface area contributed by atoms with Gasteiger partial charge in [-0.1, -0.05) is 11.6 Å². The van der Waals surface area contributed by atoms with Gasteiger partial charge in [0.05, 0.1) is 28.8 Å². The summed E-state index contributed by atoms with van der Waals surface area (Å²) in [6, 6.07) is 3.94. The number of benzene rings is 1. The number of anilines is 1. The normalized spacial score (nSPS) is 15.5. The van der Waals surface area contributed by atoms with E-state index in [0.29, 0.717) is 25.5 Å². The van der Waals surface area contributed by atoms with Crippen LogP contribution in [0.25, 0.3) is 0 Å². The average molecular weight is 424 g/mol. The second-order valence-electron chi connectivity index (χ2n) is 5.41. The first-order valence-corrected chi connectivity index (χ1v) is 10.2. The van der Waals surface area contributed by atoms with Gasteiger partial charge >= 0.3 is 11.8 Å². The number of carbonyl (C=O) groups is 2. The van der Waals surface area contributed by atoms with Gasteiger partial charge in [-0.3, -0.25) is 9.59 Å². The first kappa shape index (κ1) is 20.9. The van der Waals surface area contributed by atoms with Gasteiger partial charge in [0.25, 0.3) is 0 Å². The molecule has 0 aromatic heterocycles. The first-order valence-electron chi connectivity index (χ1n) is 7.89. The summed E-state index contributed by atoms with van der Waals surface area (Å²) in [4.78, 5) is 23.6. The highest BCUT2D eigenvalue weighted by Crippen LogP contribution is 2.27. The molecule has 1 heterocycles. The number of nitrogens with one attached hydrogen (secondary N) is 2. The fraction of sp³-hybridized carbons (Fsp3) is 0.467. The molecule has 2 N–H and O–H groups in total. The molecule has 1 fully saturated rings. The molecule has 0 saturated carbocycles. The van der Waals surface area contributed by atoms with Gasteiger partial charge in [0, 0.05) is 25.5 Å². The van der Waals surface area contributed by atoms with Crippen molar-refractivity contribution in [1.82, 2.24) is 9.62 Å². The zero-order valence-electron chi connectivity index (χ0n) is 13.8. The van der Waals surface area contributed by atoms with Crippen molar-refractivity contribution in [3.63, 3.8) is 0 Å². The number of sulfonamides is 1. The topological polar surface area (TPSA) is 105 Å². The van der Waals surface area contributed by atoms with Crippen molar-refractivity contribution in [3.8, 4) is 0 Å². The molecule has 1 aliphatic heterocycles. The summed E-state index contributed by atoms with van der Waals surface area (Å²) in [6.45, 7) is 1.39. The summed E-state index contributed by atoms with van der Waals surface area (Å²) in [7, 11) is -3.75. The molecule has 8 nitrogen and oxygen atoms in total. The Labute approximate surface area is 161 Å². The van der Waals surface area contributed by atoms with Crippen LogP contribution in [0.4, 0.5) is 5.69 Å². The molecule has 1 aliphatic rings. The number of morpholine rings is 1. The number of nitrogens with zero attached hydrogens (tertiary/aromatic N) is 1. The number of amides is 2. The van der Waals surface area contributed by atoms with E-state index in [0.717, 1.165) is 0 Å². The third-order valence-corrected chi connectivity index (χ3v) is 6.09. The molecule has 1 aromatic rings. The Balaban J connectivity index is 2.14. The van der Waals surface area contributed by atoms with Crippen LogP contribution < -0.4 is 10.6 Å². The van der Waals surface area contributed by atoms with E-state index < -0.39 is 21.8 Å². The highest BCUT2D eigenvalue weighted by Gasteiger charge is 2.27. The number of ether oxygens (including phenoxy) is 1. The average Bonchev–Trinajstić information content (AvgIpc) is 2.64. The van der Waals surface area contributed by atoms with Crippen LogP contribution in [0.2, 0.25) is 5.02 Å². The Morgan fingerprint density at radius 3 is 2.54 bits per heavy atom. The molecule has 1 saturated heterocycles. The van der Waals surface area contributed by atoms with Crippen LogP contribution in [0.15, 0.2) is 23.1 Å². The van der Waals surface area contributed by atoms with Gasteiger partial charge in [0.15, 0.2) is 0 Å². The van der Waals surface area contributed by atoms with Crippen LogP contribution in [-0.4, -0.2) is 63.3 Å². The molecule has 1 aromatic carbocycles. The molecule has 144 valence electrons. The lowest BCUT2D eigenvalue weighted by Crippen LogP contribution is -2.40. The molecule has 0 atom stereocenters. The van der Waals surface area contributed by atoms with Crippen molar-refractivity contribution in [2.45, 2.75) is 11.3 Å². The Kier molecular flexibility index (Phi) is 7.66. The van der Waals surface area contributed by atoms with Crippen LogP contribution in [0.3, 0.4) is 0 Å². The quantitative estimate of drug-likeness (QED) is 0.404. The summed E-state index contributed by atoms with van der Waals surface area (Å²) in [5, 5.41) is 4.85. The third-order valence-electron chi connectivity index (χ3n) is 3.60. The second-order valence-corrected chi connectivity index (χ2v) is 8.13. The first-order chi connectivity index (χ1) is 12.4. The molecule has 11 heteroatoms. The highest BCUT2D eigenvalue weighted by atomic mass is 35.5. The fourth-order valence-corrected chi connectivity index (χ4v) is 3.96. The predicted octanol–water partition coefficient (Wildman–Crippen LogP) is 1.04. The van der Waals surface area contributed by atoms with Crippen LogP contribution in [0.1, 0.15) is 6.42 Å².